The summed E-state index contributed by atoms with van der Waals surface area (Å²) >= 11 is 1.30. The quantitative estimate of drug-likeness (QED) is 0.282. The van der Waals surface area contributed by atoms with Crippen LogP contribution in [-0.4, -0.2) is 20.7 Å². The molecule has 0 fully saturated rings. The third kappa shape index (κ3) is 3.96. The van der Waals surface area contributed by atoms with Crippen molar-refractivity contribution in [2.75, 3.05) is 5.32 Å². The van der Waals surface area contributed by atoms with E-state index < -0.39 is 5.25 Å². The maximum Gasteiger partial charge on any atom is 0.262 e. The summed E-state index contributed by atoms with van der Waals surface area (Å²) in [6.07, 6.45) is 0. The van der Waals surface area contributed by atoms with Crippen molar-refractivity contribution < 1.29 is 4.79 Å². The molecular weight excluding hydrogens is 394 g/mol. The molecule has 0 aliphatic carbocycles. The molecule has 1 N–H and O–H groups in total. The van der Waals surface area contributed by atoms with E-state index in [4.69, 9.17) is 4.98 Å². The summed E-state index contributed by atoms with van der Waals surface area (Å²) in [5, 5.41) is 5.73. The number of nitrogens with one attached hydrogen (secondary N) is 1. The summed E-state index contributed by atoms with van der Waals surface area (Å²) in [6, 6.07) is 19.4. The van der Waals surface area contributed by atoms with Crippen LogP contribution in [0.15, 0.2) is 70.6 Å². The highest BCUT2D eigenvalue weighted by atomic mass is 32.2. The molecule has 152 valence electrons. The fourth-order valence-electron chi connectivity index (χ4n) is 3.43. The van der Waals surface area contributed by atoms with Gasteiger partial charge >= 0.3 is 0 Å². The van der Waals surface area contributed by atoms with Crippen LogP contribution in [0.4, 0.5) is 5.69 Å². The van der Waals surface area contributed by atoms with Gasteiger partial charge in [-0.25, -0.2) is 4.98 Å². The number of aryl methyl sites for hydroxylation is 1. The lowest BCUT2D eigenvalue weighted by molar-refractivity contribution is -0.115. The van der Waals surface area contributed by atoms with Gasteiger partial charge < -0.3 is 5.32 Å². The largest absolute Gasteiger partial charge is 0.325 e. The van der Waals surface area contributed by atoms with Gasteiger partial charge in [-0.3, -0.25) is 14.2 Å². The number of rotatable bonds is 5. The third-order valence-electron chi connectivity index (χ3n) is 5.04. The van der Waals surface area contributed by atoms with Crippen LogP contribution in [0.2, 0.25) is 0 Å². The molecular formula is C24H23N3O2S. The SMILES string of the molecule is CCn1c(S[C@@H](C)C(=O)Nc2cccc(C)c2)nc2cc3ccccc3cc2c1=O. The van der Waals surface area contributed by atoms with Gasteiger partial charge in [-0.15, -0.1) is 0 Å². The number of nitrogens with zero attached hydrogens (tertiary/aromatic N) is 2. The van der Waals surface area contributed by atoms with Crippen molar-refractivity contribution in [1.82, 2.24) is 9.55 Å². The van der Waals surface area contributed by atoms with Crippen molar-refractivity contribution >= 4 is 45.0 Å². The van der Waals surface area contributed by atoms with Crippen LogP contribution >= 0.6 is 11.8 Å². The Morgan fingerprint density at radius 2 is 1.83 bits per heavy atom. The van der Waals surface area contributed by atoms with Crippen molar-refractivity contribution in [1.29, 1.82) is 0 Å². The van der Waals surface area contributed by atoms with Crippen LogP contribution in [0.25, 0.3) is 21.7 Å². The molecule has 1 aromatic heterocycles. The molecule has 3 aromatic carbocycles. The van der Waals surface area contributed by atoms with Crippen molar-refractivity contribution in [3.63, 3.8) is 0 Å². The van der Waals surface area contributed by atoms with Crippen molar-refractivity contribution in [2.24, 2.45) is 0 Å². The molecule has 5 nitrogen and oxygen atoms in total. The molecule has 1 atom stereocenters. The zero-order valence-corrected chi connectivity index (χ0v) is 18.0. The predicted molar refractivity (Wildman–Crippen MR) is 124 cm³/mol. The maximum atomic E-state index is 13.1. The summed E-state index contributed by atoms with van der Waals surface area (Å²) in [4.78, 5) is 30.6. The van der Waals surface area contributed by atoms with Crippen molar-refractivity contribution in [3.8, 4) is 0 Å². The molecule has 0 bridgehead atoms. The zero-order chi connectivity index (χ0) is 21.3. The standard InChI is InChI=1S/C24H23N3O2S/c1-4-27-23(29)20-13-17-9-5-6-10-18(17)14-21(20)26-24(27)30-16(3)22(28)25-19-11-7-8-15(2)12-19/h5-14,16H,4H2,1-3H3,(H,25,28)/t16-/m0/s1. The summed E-state index contributed by atoms with van der Waals surface area (Å²) in [5.74, 6) is -0.124. The molecule has 1 heterocycles. The van der Waals surface area contributed by atoms with Gasteiger partial charge in [0.25, 0.3) is 5.56 Å². The Morgan fingerprint density at radius 3 is 2.53 bits per heavy atom. The number of benzene rings is 3. The maximum absolute atomic E-state index is 13.1. The lowest BCUT2D eigenvalue weighted by atomic mass is 10.1. The van der Waals surface area contributed by atoms with E-state index in [1.54, 1.807) is 4.57 Å². The minimum Gasteiger partial charge on any atom is -0.325 e. The highest BCUT2D eigenvalue weighted by molar-refractivity contribution is 8.00. The van der Waals surface area contributed by atoms with E-state index in [1.807, 2.05) is 81.4 Å². The first-order chi connectivity index (χ1) is 14.5. The number of fused-ring (bicyclic) bond motifs is 2. The first-order valence-electron chi connectivity index (χ1n) is 9.94. The molecule has 0 saturated carbocycles. The fraction of sp³-hybridized carbons (Fsp3) is 0.208. The van der Waals surface area contributed by atoms with Gasteiger partial charge in [-0.05, 0) is 61.4 Å². The number of thioether (sulfide) groups is 1. The number of aromatic nitrogens is 2. The lowest BCUT2D eigenvalue weighted by Crippen LogP contribution is -2.26. The van der Waals surface area contributed by atoms with E-state index in [0.717, 1.165) is 22.0 Å². The average Bonchev–Trinajstić information content (AvgIpc) is 2.73. The van der Waals surface area contributed by atoms with Crippen molar-refractivity contribution in [2.45, 2.75) is 37.7 Å². The minimum atomic E-state index is -0.409. The number of carbonyl (C=O) groups excluding carboxylic acids is 1. The predicted octanol–water partition coefficient (Wildman–Crippen LogP) is 5.00. The first-order valence-corrected chi connectivity index (χ1v) is 10.8. The van der Waals surface area contributed by atoms with Crippen molar-refractivity contribution in [3.05, 3.63) is 76.6 Å². The Kier molecular flexibility index (Phi) is 5.59. The fourth-order valence-corrected chi connectivity index (χ4v) is 4.41. The highest BCUT2D eigenvalue weighted by Crippen LogP contribution is 2.26. The minimum absolute atomic E-state index is 0.0814. The summed E-state index contributed by atoms with van der Waals surface area (Å²) in [5.41, 5.74) is 2.41. The number of carbonyl (C=O) groups is 1. The van der Waals surface area contributed by atoms with Gasteiger partial charge in [-0.2, -0.15) is 0 Å². The van der Waals surface area contributed by atoms with Crippen LogP contribution in [0.3, 0.4) is 0 Å². The number of anilines is 1. The summed E-state index contributed by atoms with van der Waals surface area (Å²) in [7, 11) is 0. The van der Waals surface area contributed by atoms with E-state index in [0.29, 0.717) is 22.6 Å². The van der Waals surface area contributed by atoms with E-state index in [1.165, 1.54) is 11.8 Å². The van der Waals surface area contributed by atoms with Crippen LogP contribution in [0, 0.1) is 6.92 Å². The molecule has 0 aliphatic heterocycles. The second kappa shape index (κ2) is 8.32. The highest BCUT2D eigenvalue weighted by Gasteiger charge is 2.19. The van der Waals surface area contributed by atoms with E-state index in [-0.39, 0.29) is 11.5 Å². The molecule has 1 amide bonds. The van der Waals surface area contributed by atoms with Gasteiger partial charge in [0.15, 0.2) is 5.16 Å². The molecule has 0 aliphatic rings. The second-order valence-electron chi connectivity index (χ2n) is 7.28. The molecule has 0 spiro atoms. The molecule has 0 radical (unpaired) electrons. The zero-order valence-electron chi connectivity index (χ0n) is 17.2. The normalized spacial score (nSPS) is 12.2. The Labute approximate surface area is 179 Å². The number of hydrogen-bond donors (Lipinski definition) is 1. The lowest BCUT2D eigenvalue weighted by Gasteiger charge is -2.16. The molecule has 30 heavy (non-hydrogen) atoms. The van der Waals surface area contributed by atoms with Gasteiger partial charge in [0, 0.05) is 12.2 Å². The van der Waals surface area contributed by atoms with Crippen LogP contribution in [-0.2, 0) is 11.3 Å². The Hall–Kier alpha value is -3.12. The topological polar surface area (TPSA) is 64.0 Å². The van der Waals surface area contributed by atoms with Crippen LogP contribution in [0.1, 0.15) is 19.4 Å². The van der Waals surface area contributed by atoms with E-state index in [2.05, 4.69) is 5.32 Å². The summed E-state index contributed by atoms with van der Waals surface area (Å²) in [6.45, 7) is 6.21. The average molecular weight is 418 g/mol. The van der Waals surface area contributed by atoms with E-state index in [9.17, 15) is 9.59 Å². The third-order valence-corrected chi connectivity index (χ3v) is 6.13. The van der Waals surface area contributed by atoms with Crippen LogP contribution in [0.5, 0.6) is 0 Å². The first kappa shape index (κ1) is 20.2. The molecule has 6 heteroatoms. The van der Waals surface area contributed by atoms with Gasteiger partial charge in [0.05, 0.1) is 16.2 Å². The smallest absolute Gasteiger partial charge is 0.262 e. The Bertz CT molecular complexity index is 1310. The Morgan fingerprint density at radius 1 is 1.10 bits per heavy atom. The van der Waals surface area contributed by atoms with E-state index >= 15 is 0 Å². The Balaban J connectivity index is 1.68. The van der Waals surface area contributed by atoms with Gasteiger partial charge in [0.1, 0.15) is 0 Å². The molecule has 4 aromatic rings. The van der Waals surface area contributed by atoms with Crippen LogP contribution < -0.4 is 10.9 Å². The molecule has 4 rings (SSSR count). The molecule has 0 saturated heterocycles. The summed E-state index contributed by atoms with van der Waals surface area (Å²) < 4.78 is 1.64. The monoisotopic (exact) mass is 417 g/mol. The molecule has 0 unspecified atom stereocenters. The second-order valence-corrected chi connectivity index (χ2v) is 8.59. The van der Waals surface area contributed by atoms with Gasteiger partial charge in [0.2, 0.25) is 5.91 Å². The van der Waals surface area contributed by atoms with Gasteiger partial charge in [-0.1, -0.05) is 48.2 Å². The number of hydrogen-bond acceptors (Lipinski definition) is 4. The number of amides is 1.